The molecular formula is C21H22N2O7. The van der Waals surface area contributed by atoms with Crippen LogP contribution in [0.1, 0.15) is 6.42 Å². The summed E-state index contributed by atoms with van der Waals surface area (Å²) in [5.41, 5.74) is 0.953. The minimum atomic E-state index is -0.706. The molecule has 0 aliphatic carbocycles. The van der Waals surface area contributed by atoms with Crippen LogP contribution < -0.4 is 24.4 Å². The Bertz CT molecular complexity index is 945. The number of para-hydroxylation sites is 2. The predicted molar refractivity (Wildman–Crippen MR) is 108 cm³/mol. The Morgan fingerprint density at radius 3 is 2.63 bits per heavy atom. The highest BCUT2D eigenvalue weighted by atomic mass is 16.5. The second-order valence-electron chi connectivity index (χ2n) is 6.32. The number of hydrogen-bond acceptors (Lipinski definition) is 7. The van der Waals surface area contributed by atoms with E-state index in [9.17, 15) is 14.4 Å². The number of rotatable bonds is 7. The van der Waals surface area contributed by atoms with Gasteiger partial charge in [0, 0.05) is 11.8 Å². The normalized spacial score (nSPS) is 12.9. The van der Waals surface area contributed by atoms with Gasteiger partial charge in [0.2, 0.25) is 5.91 Å². The van der Waals surface area contributed by atoms with Gasteiger partial charge >= 0.3 is 5.97 Å². The average Bonchev–Trinajstić information content (AvgIpc) is 2.91. The number of amides is 2. The molecule has 0 spiro atoms. The Hall–Kier alpha value is -3.75. The van der Waals surface area contributed by atoms with E-state index in [-0.39, 0.29) is 25.5 Å². The Labute approximate surface area is 173 Å². The molecule has 158 valence electrons. The zero-order valence-electron chi connectivity index (χ0n) is 16.7. The van der Waals surface area contributed by atoms with Crippen molar-refractivity contribution in [2.24, 2.45) is 0 Å². The van der Waals surface area contributed by atoms with Crippen LogP contribution in [0.4, 0.5) is 11.4 Å². The summed E-state index contributed by atoms with van der Waals surface area (Å²) in [6.45, 7) is -0.578. The second kappa shape index (κ2) is 9.64. The van der Waals surface area contributed by atoms with E-state index in [4.69, 9.17) is 18.9 Å². The summed E-state index contributed by atoms with van der Waals surface area (Å²) in [6, 6.07) is 11.8. The molecule has 0 aromatic heterocycles. The molecular weight excluding hydrogens is 392 g/mol. The number of carbonyl (C=O) groups is 3. The maximum absolute atomic E-state index is 12.3. The van der Waals surface area contributed by atoms with Gasteiger partial charge in [-0.25, -0.2) is 0 Å². The molecule has 0 saturated heterocycles. The van der Waals surface area contributed by atoms with E-state index in [1.54, 1.807) is 42.5 Å². The van der Waals surface area contributed by atoms with Gasteiger partial charge in [0.05, 0.1) is 32.9 Å². The van der Waals surface area contributed by atoms with Gasteiger partial charge in [-0.2, -0.15) is 0 Å². The number of nitrogens with one attached hydrogen (secondary N) is 1. The molecule has 1 heterocycles. The van der Waals surface area contributed by atoms with Crippen molar-refractivity contribution in [1.29, 1.82) is 0 Å². The molecule has 3 rings (SSSR count). The number of esters is 1. The number of hydrogen-bond donors (Lipinski definition) is 1. The summed E-state index contributed by atoms with van der Waals surface area (Å²) in [7, 11) is 2.99. The summed E-state index contributed by atoms with van der Waals surface area (Å²) in [4.78, 5) is 38.0. The quantitative estimate of drug-likeness (QED) is 0.691. The van der Waals surface area contributed by atoms with Crippen LogP contribution in [-0.2, 0) is 19.1 Å². The van der Waals surface area contributed by atoms with Gasteiger partial charge in [-0.15, -0.1) is 0 Å². The molecule has 0 saturated carbocycles. The summed E-state index contributed by atoms with van der Waals surface area (Å²) in [5, 5.41) is 2.61. The van der Waals surface area contributed by atoms with E-state index >= 15 is 0 Å². The monoisotopic (exact) mass is 414 g/mol. The zero-order valence-corrected chi connectivity index (χ0v) is 16.7. The van der Waals surface area contributed by atoms with Gasteiger partial charge in [0.25, 0.3) is 5.91 Å². The van der Waals surface area contributed by atoms with E-state index < -0.39 is 18.5 Å². The second-order valence-corrected chi connectivity index (χ2v) is 6.32. The molecule has 0 unspecified atom stereocenters. The van der Waals surface area contributed by atoms with Crippen molar-refractivity contribution in [3.05, 3.63) is 42.5 Å². The first-order valence-electron chi connectivity index (χ1n) is 9.21. The van der Waals surface area contributed by atoms with Crippen molar-refractivity contribution in [3.8, 4) is 17.2 Å². The van der Waals surface area contributed by atoms with E-state index in [0.717, 1.165) is 0 Å². The first-order chi connectivity index (χ1) is 14.5. The fourth-order valence-electron chi connectivity index (χ4n) is 2.92. The minimum absolute atomic E-state index is 0.141. The molecule has 0 fully saturated rings. The van der Waals surface area contributed by atoms with Crippen LogP contribution in [-0.4, -0.2) is 51.8 Å². The molecule has 0 atom stereocenters. The maximum atomic E-state index is 12.3. The van der Waals surface area contributed by atoms with Crippen molar-refractivity contribution >= 4 is 29.2 Å². The number of ether oxygens (including phenoxy) is 4. The van der Waals surface area contributed by atoms with Gasteiger partial charge in [0.15, 0.2) is 18.1 Å². The topological polar surface area (TPSA) is 103 Å². The molecule has 30 heavy (non-hydrogen) atoms. The van der Waals surface area contributed by atoms with Gasteiger partial charge in [-0.1, -0.05) is 12.1 Å². The van der Waals surface area contributed by atoms with Crippen LogP contribution in [0.3, 0.4) is 0 Å². The smallest absolute Gasteiger partial charge is 0.326 e. The van der Waals surface area contributed by atoms with E-state index in [1.807, 2.05) is 0 Å². The van der Waals surface area contributed by atoms with Crippen LogP contribution in [0, 0.1) is 0 Å². The van der Waals surface area contributed by atoms with Crippen molar-refractivity contribution in [2.75, 3.05) is 44.2 Å². The third kappa shape index (κ3) is 4.99. The maximum Gasteiger partial charge on any atom is 0.326 e. The highest BCUT2D eigenvalue weighted by Gasteiger charge is 2.25. The van der Waals surface area contributed by atoms with E-state index in [2.05, 4.69) is 5.32 Å². The average molecular weight is 414 g/mol. The first-order valence-corrected chi connectivity index (χ1v) is 9.21. The van der Waals surface area contributed by atoms with Crippen molar-refractivity contribution in [2.45, 2.75) is 6.42 Å². The largest absolute Gasteiger partial charge is 0.493 e. The van der Waals surface area contributed by atoms with Crippen LogP contribution in [0.2, 0.25) is 0 Å². The number of benzene rings is 2. The number of fused-ring (bicyclic) bond motifs is 1. The molecule has 2 aromatic rings. The van der Waals surface area contributed by atoms with Crippen LogP contribution in [0.25, 0.3) is 0 Å². The third-order valence-corrected chi connectivity index (χ3v) is 4.35. The van der Waals surface area contributed by atoms with Gasteiger partial charge in [-0.05, 0) is 24.3 Å². The molecule has 0 bridgehead atoms. The lowest BCUT2D eigenvalue weighted by atomic mass is 10.2. The molecule has 0 radical (unpaired) electrons. The molecule has 2 amide bonds. The lowest BCUT2D eigenvalue weighted by molar-refractivity contribution is -0.146. The molecule has 9 heteroatoms. The molecule has 9 nitrogen and oxygen atoms in total. The third-order valence-electron chi connectivity index (χ3n) is 4.35. The Morgan fingerprint density at radius 2 is 1.87 bits per heavy atom. The van der Waals surface area contributed by atoms with Gasteiger partial charge in [-0.3, -0.25) is 19.3 Å². The van der Waals surface area contributed by atoms with Crippen molar-refractivity contribution in [1.82, 2.24) is 0 Å². The zero-order chi connectivity index (χ0) is 21.5. The first kappa shape index (κ1) is 21.0. The molecule has 1 aliphatic heterocycles. The van der Waals surface area contributed by atoms with E-state index in [1.165, 1.54) is 19.1 Å². The van der Waals surface area contributed by atoms with E-state index in [0.29, 0.717) is 28.6 Å². The standard InChI is InChI=1S/C21H22N2O7/c1-27-17-8-7-14(11-18(17)28-2)22-19(24)13-30-21(26)12-23-15-5-3-4-6-16(15)29-10-9-20(23)25/h3-8,11H,9-10,12-13H2,1-2H3,(H,22,24). The van der Waals surface area contributed by atoms with Crippen LogP contribution >= 0.6 is 0 Å². The fourth-order valence-corrected chi connectivity index (χ4v) is 2.92. The number of carbonyl (C=O) groups excluding carboxylic acids is 3. The summed E-state index contributed by atoms with van der Waals surface area (Å²) >= 11 is 0. The van der Waals surface area contributed by atoms with Crippen molar-refractivity contribution in [3.63, 3.8) is 0 Å². The number of anilines is 2. The van der Waals surface area contributed by atoms with Crippen molar-refractivity contribution < 1.29 is 33.3 Å². The predicted octanol–water partition coefficient (Wildman–Crippen LogP) is 2.00. The van der Waals surface area contributed by atoms with Gasteiger partial charge < -0.3 is 24.3 Å². The molecule has 1 aliphatic rings. The summed E-state index contributed by atoms with van der Waals surface area (Å²) in [5.74, 6) is -0.000744. The minimum Gasteiger partial charge on any atom is -0.493 e. The Balaban J connectivity index is 1.57. The molecule has 1 N–H and O–H groups in total. The van der Waals surface area contributed by atoms with Gasteiger partial charge in [0.1, 0.15) is 12.3 Å². The SMILES string of the molecule is COc1ccc(NC(=O)COC(=O)CN2C(=O)CCOc3ccccc32)cc1OC. The number of nitrogens with zero attached hydrogens (tertiary/aromatic N) is 1. The van der Waals surface area contributed by atoms with Crippen LogP contribution in [0.5, 0.6) is 17.2 Å². The number of methoxy groups -OCH3 is 2. The highest BCUT2D eigenvalue weighted by molar-refractivity contribution is 6.00. The summed E-state index contributed by atoms with van der Waals surface area (Å²) < 4.78 is 20.9. The lowest BCUT2D eigenvalue weighted by Gasteiger charge is -2.20. The summed E-state index contributed by atoms with van der Waals surface area (Å²) in [6.07, 6.45) is 0.141. The Kier molecular flexibility index (Phi) is 6.74. The lowest BCUT2D eigenvalue weighted by Crippen LogP contribution is -2.36. The Morgan fingerprint density at radius 1 is 1.10 bits per heavy atom. The fraction of sp³-hybridized carbons (Fsp3) is 0.286. The van der Waals surface area contributed by atoms with Crippen LogP contribution in [0.15, 0.2) is 42.5 Å². The highest BCUT2D eigenvalue weighted by Crippen LogP contribution is 2.31. The molecule has 2 aromatic carbocycles.